The maximum atomic E-state index is 0. The van der Waals surface area contributed by atoms with Gasteiger partial charge in [-0.3, -0.25) is 0 Å². The van der Waals surface area contributed by atoms with E-state index in [1.54, 1.807) is 0 Å². The summed E-state index contributed by atoms with van der Waals surface area (Å²) in [6.07, 6.45) is 0. The minimum Gasteiger partial charge on any atom is -2.00 e. The summed E-state index contributed by atoms with van der Waals surface area (Å²) in [5.74, 6) is 0. The van der Waals surface area contributed by atoms with Gasteiger partial charge in [0.05, 0.1) is 0 Å². The van der Waals surface area contributed by atoms with Crippen molar-refractivity contribution in [2.24, 2.45) is 0 Å². The Balaban J connectivity index is 0. The van der Waals surface area contributed by atoms with Gasteiger partial charge in [0, 0.05) is 21.1 Å². The number of hydrogen-bond donors (Lipinski definition) is 0. The fourth-order valence-electron chi connectivity index (χ4n) is 0. The van der Waals surface area contributed by atoms with E-state index in [9.17, 15) is 0 Å². The molecule has 14 valence electrons. The molecule has 0 N–H and O–H groups in total. The molecule has 0 heterocycles. The molecule has 0 aliphatic heterocycles. The minimum atomic E-state index is 0. The largest absolute Gasteiger partial charge is 4.00 e. The molecular formula is AlOTiW+5. The van der Waals surface area contributed by atoms with Crippen LogP contribution in [0.15, 0.2) is 0 Å². The zero-order valence-electron chi connectivity index (χ0n) is 1.89. The Morgan fingerprint density at radius 2 is 1.00 bits per heavy atom. The Morgan fingerprint density at radius 1 is 1.00 bits per heavy atom. The van der Waals surface area contributed by atoms with E-state index in [0.717, 1.165) is 0 Å². The van der Waals surface area contributed by atoms with Crippen LogP contribution in [0, 0.1) is 0 Å². The van der Waals surface area contributed by atoms with Gasteiger partial charge in [0.15, 0.2) is 0 Å². The molecule has 0 fully saturated rings. The normalized spacial score (nSPS) is 0. The molecule has 4 heteroatoms. The van der Waals surface area contributed by atoms with Crippen molar-refractivity contribution in [3.63, 3.8) is 0 Å². The van der Waals surface area contributed by atoms with Crippen molar-refractivity contribution in [3.05, 3.63) is 0 Å². The van der Waals surface area contributed by atoms with Crippen molar-refractivity contribution < 1.29 is 48.3 Å². The molecular weight excluding hydrogens is 275 g/mol. The maximum Gasteiger partial charge on any atom is 4.00 e. The van der Waals surface area contributed by atoms with Gasteiger partial charge in [0.25, 0.3) is 0 Å². The molecule has 0 aromatic heterocycles. The van der Waals surface area contributed by atoms with Crippen LogP contribution < -0.4 is 0 Å². The summed E-state index contributed by atoms with van der Waals surface area (Å²) in [4.78, 5) is 0. The zero-order chi connectivity index (χ0) is 0. The van der Waals surface area contributed by atoms with Gasteiger partial charge < -0.3 is 5.48 Å². The van der Waals surface area contributed by atoms with Crippen LogP contribution in [-0.4, -0.2) is 17.4 Å². The van der Waals surface area contributed by atoms with E-state index in [4.69, 9.17) is 0 Å². The van der Waals surface area contributed by atoms with Gasteiger partial charge in [-0.05, 0) is 0 Å². The molecule has 0 aliphatic rings. The second-order valence-corrected chi connectivity index (χ2v) is 0. The van der Waals surface area contributed by atoms with Crippen molar-refractivity contribution in [3.8, 4) is 0 Å². The van der Waals surface area contributed by atoms with Crippen LogP contribution in [0.4, 0.5) is 0 Å². The van der Waals surface area contributed by atoms with Crippen LogP contribution in [0.2, 0.25) is 0 Å². The van der Waals surface area contributed by atoms with Gasteiger partial charge in [-0.1, -0.05) is 0 Å². The fraction of sp³-hybridized carbons (Fsp3) is 0. The van der Waals surface area contributed by atoms with E-state index in [2.05, 4.69) is 0 Å². The first kappa shape index (κ1) is 39.3. The van der Waals surface area contributed by atoms with E-state index < -0.39 is 0 Å². The van der Waals surface area contributed by atoms with Crippen LogP contribution in [0.5, 0.6) is 0 Å². The molecule has 1 nitrogen and oxygen atoms in total. The van der Waals surface area contributed by atoms with E-state index in [1.165, 1.54) is 0 Å². The Morgan fingerprint density at radius 3 is 1.00 bits per heavy atom. The third-order valence-corrected chi connectivity index (χ3v) is 0. The third kappa shape index (κ3) is 9.09. The van der Waals surface area contributed by atoms with Gasteiger partial charge in [0.1, 0.15) is 0 Å². The van der Waals surface area contributed by atoms with Gasteiger partial charge in [0.2, 0.25) is 0 Å². The molecule has 0 aliphatic carbocycles. The SMILES string of the molecule is [Al+3].[O-2].[Ti+4].[W]. The Labute approximate surface area is 65.1 Å². The van der Waals surface area contributed by atoms with Gasteiger partial charge in [-0.15, -0.1) is 0 Å². The molecule has 0 saturated carbocycles. The molecule has 0 unspecified atom stereocenters. The van der Waals surface area contributed by atoms with E-state index >= 15 is 0 Å². The summed E-state index contributed by atoms with van der Waals surface area (Å²) in [6.45, 7) is 0. The molecule has 0 bridgehead atoms. The average Bonchev–Trinajstić information content (AvgIpc) is 0. The van der Waals surface area contributed by atoms with Gasteiger partial charge in [-0.25, -0.2) is 0 Å². The third-order valence-electron chi connectivity index (χ3n) is 0. The Hall–Kier alpha value is 1.90. The average molecular weight is 275 g/mol. The summed E-state index contributed by atoms with van der Waals surface area (Å²) < 4.78 is 0. The molecule has 0 rings (SSSR count). The summed E-state index contributed by atoms with van der Waals surface area (Å²) in [5.41, 5.74) is 0. The number of hydrogen-bond acceptors (Lipinski definition) is 0. The van der Waals surface area contributed by atoms with Crippen molar-refractivity contribution in [1.82, 2.24) is 0 Å². The van der Waals surface area contributed by atoms with Crippen LogP contribution in [0.3, 0.4) is 0 Å². The molecule has 0 spiro atoms. The van der Waals surface area contributed by atoms with E-state index in [-0.39, 0.29) is 65.6 Å². The smallest absolute Gasteiger partial charge is 2.00 e. The zero-order valence-corrected chi connectivity index (χ0v) is 7.54. The molecule has 0 saturated heterocycles. The van der Waals surface area contributed by atoms with Gasteiger partial charge >= 0.3 is 39.1 Å². The summed E-state index contributed by atoms with van der Waals surface area (Å²) >= 11 is 0. The second-order valence-electron chi connectivity index (χ2n) is 0. The summed E-state index contributed by atoms with van der Waals surface area (Å²) in [6, 6.07) is 0. The summed E-state index contributed by atoms with van der Waals surface area (Å²) in [7, 11) is 0. The van der Waals surface area contributed by atoms with Gasteiger partial charge in [-0.2, -0.15) is 0 Å². The van der Waals surface area contributed by atoms with E-state index in [1.807, 2.05) is 0 Å². The second kappa shape index (κ2) is 20.7. The Bertz CT molecular complexity index is 8.00. The van der Waals surface area contributed by atoms with Crippen molar-refractivity contribution in [1.29, 1.82) is 0 Å². The topological polar surface area (TPSA) is 28.5 Å². The van der Waals surface area contributed by atoms with Crippen LogP contribution >= 0.6 is 0 Å². The molecule has 0 aromatic rings. The quantitative estimate of drug-likeness (QED) is 0.533. The predicted molar refractivity (Wildman–Crippen MR) is 6.44 cm³/mol. The molecule has 0 atom stereocenters. The van der Waals surface area contributed by atoms with Crippen LogP contribution in [0.25, 0.3) is 0 Å². The molecule has 0 aromatic carbocycles. The minimum absolute atomic E-state index is 0. The van der Waals surface area contributed by atoms with Crippen LogP contribution in [-0.2, 0) is 48.3 Å². The molecule has 0 amide bonds. The first-order valence-electron chi connectivity index (χ1n) is 0. The van der Waals surface area contributed by atoms with Crippen molar-refractivity contribution in [2.45, 2.75) is 0 Å². The standard InChI is InChI=1S/Al.O.Ti.W/q+3;-2;+4;. The maximum absolute atomic E-state index is 0. The fourth-order valence-corrected chi connectivity index (χ4v) is 0. The summed E-state index contributed by atoms with van der Waals surface area (Å²) in [5, 5.41) is 0. The molecule has 4 heavy (non-hydrogen) atoms. The van der Waals surface area contributed by atoms with E-state index in [0.29, 0.717) is 0 Å². The Kier molecular flexibility index (Phi) is 203. The first-order chi connectivity index (χ1) is 0. The first-order valence-corrected chi connectivity index (χ1v) is 0. The van der Waals surface area contributed by atoms with Crippen LogP contribution in [0.1, 0.15) is 0 Å². The monoisotopic (exact) mass is 275 g/mol. The predicted octanol–water partition coefficient (Wildman–Crippen LogP) is -0.505. The van der Waals surface area contributed by atoms with Crippen molar-refractivity contribution >= 4 is 17.4 Å². The molecule has 0 radical (unpaired) electrons. The van der Waals surface area contributed by atoms with Crippen molar-refractivity contribution in [2.75, 3.05) is 0 Å². The number of rotatable bonds is 0.